The summed E-state index contributed by atoms with van der Waals surface area (Å²) >= 11 is 0. The van der Waals surface area contributed by atoms with Crippen molar-refractivity contribution in [2.45, 2.75) is 26.4 Å². The molecule has 1 amide bonds. The van der Waals surface area contributed by atoms with Crippen molar-refractivity contribution in [2.24, 2.45) is 4.99 Å². The van der Waals surface area contributed by atoms with Crippen LogP contribution in [0.4, 0.5) is 0 Å². The van der Waals surface area contributed by atoms with Crippen molar-refractivity contribution in [3.8, 4) is 5.75 Å². The zero-order chi connectivity index (χ0) is 19.3. The van der Waals surface area contributed by atoms with Crippen LogP contribution in [0.5, 0.6) is 5.75 Å². The largest absolute Gasteiger partial charge is 0.496 e. The van der Waals surface area contributed by atoms with Gasteiger partial charge in [-0.15, -0.1) is 24.0 Å². The van der Waals surface area contributed by atoms with Crippen LogP contribution in [0.2, 0.25) is 0 Å². The summed E-state index contributed by atoms with van der Waals surface area (Å²) in [5, 5.41) is 9.30. The number of hydrogen-bond acceptors (Lipinski definition) is 3. The molecule has 152 valence electrons. The smallest absolute Gasteiger partial charge is 0.222 e. The molecule has 6 nitrogen and oxygen atoms in total. The van der Waals surface area contributed by atoms with Gasteiger partial charge in [0.05, 0.1) is 13.7 Å². The fourth-order valence-corrected chi connectivity index (χ4v) is 2.52. The standard InChI is InChI=1S/C21H28N4O2.HI/c1-3-22-21(25-16-18-11-7-8-12-19(18)27-2)23-14-13-20(26)24-15-17-9-5-4-6-10-17;/h4-12H,3,13-16H2,1-2H3,(H,24,26)(H2,22,23,25);1H. The van der Waals surface area contributed by atoms with Crippen LogP contribution in [0.25, 0.3) is 0 Å². The fourth-order valence-electron chi connectivity index (χ4n) is 2.52. The van der Waals surface area contributed by atoms with E-state index >= 15 is 0 Å². The van der Waals surface area contributed by atoms with Crippen LogP contribution < -0.4 is 20.7 Å². The van der Waals surface area contributed by atoms with Gasteiger partial charge >= 0.3 is 0 Å². The van der Waals surface area contributed by atoms with Gasteiger partial charge in [-0.25, -0.2) is 4.99 Å². The van der Waals surface area contributed by atoms with E-state index in [4.69, 9.17) is 4.74 Å². The number of benzene rings is 2. The Hall–Kier alpha value is -2.29. The SMILES string of the molecule is CCNC(=NCc1ccccc1OC)NCCC(=O)NCc1ccccc1.I. The van der Waals surface area contributed by atoms with E-state index in [1.807, 2.05) is 61.5 Å². The van der Waals surface area contributed by atoms with Gasteiger partial charge < -0.3 is 20.7 Å². The molecule has 0 aliphatic heterocycles. The lowest BCUT2D eigenvalue weighted by Crippen LogP contribution is -2.39. The molecule has 0 atom stereocenters. The van der Waals surface area contributed by atoms with Crippen LogP contribution in [0, 0.1) is 0 Å². The molecule has 0 spiro atoms. The van der Waals surface area contributed by atoms with Crippen LogP contribution in [-0.2, 0) is 17.9 Å². The van der Waals surface area contributed by atoms with Crippen molar-refractivity contribution in [2.75, 3.05) is 20.2 Å². The maximum atomic E-state index is 12.0. The number of carbonyl (C=O) groups excluding carboxylic acids is 1. The van der Waals surface area contributed by atoms with Gasteiger partial charge in [-0.1, -0.05) is 48.5 Å². The molecule has 3 N–H and O–H groups in total. The molecular formula is C21H29IN4O2. The van der Waals surface area contributed by atoms with E-state index in [9.17, 15) is 4.79 Å². The van der Waals surface area contributed by atoms with E-state index in [0.717, 1.165) is 23.4 Å². The summed E-state index contributed by atoms with van der Waals surface area (Å²) in [7, 11) is 1.65. The Balaban J connectivity index is 0.00000392. The van der Waals surface area contributed by atoms with Gasteiger partial charge in [0.15, 0.2) is 5.96 Å². The molecular weight excluding hydrogens is 467 g/mol. The first-order valence-electron chi connectivity index (χ1n) is 9.17. The van der Waals surface area contributed by atoms with Crippen molar-refractivity contribution in [3.63, 3.8) is 0 Å². The highest BCUT2D eigenvalue weighted by atomic mass is 127. The van der Waals surface area contributed by atoms with E-state index in [2.05, 4.69) is 20.9 Å². The lowest BCUT2D eigenvalue weighted by Gasteiger charge is -2.12. The number of nitrogens with zero attached hydrogens (tertiary/aromatic N) is 1. The number of hydrogen-bond donors (Lipinski definition) is 3. The third-order valence-electron chi connectivity index (χ3n) is 3.92. The Kier molecular flexibility index (Phi) is 11.7. The highest BCUT2D eigenvalue weighted by Crippen LogP contribution is 2.17. The van der Waals surface area contributed by atoms with Crippen molar-refractivity contribution < 1.29 is 9.53 Å². The minimum absolute atomic E-state index is 0. The molecule has 28 heavy (non-hydrogen) atoms. The number of carbonyl (C=O) groups is 1. The van der Waals surface area contributed by atoms with Gasteiger partial charge in [0, 0.05) is 31.6 Å². The Morgan fingerprint density at radius 3 is 2.43 bits per heavy atom. The van der Waals surface area contributed by atoms with Crippen LogP contribution in [0.15, 0.2) is 59.6 Å². The van der Waals surface area contributed by atoms with Crippen molar-refractivity contribution >= 4 is 35.8 Å². The summed E-state index contributed by atoms with van der Waals surface area (Å²) in [4.78, 5) is 16.6. The molecule has 0 saturated carbocycles. The van der Waals surface area contributed by atoms with E-state index in [-0.39, 0.29) is 29.9 Å². The fraction of sp³-hybridized carbons (Fsp3) is 0.333. The number of aliphatic imine (C=N–C) groups is 1. The molecule has 0 aliphatic carbocycles. The maximum absolute atomic E-state index is 12.0. The van der Waals surface area contributed by atoms with Crippen LogP contribution in [0.1, 0.15) is 24.5 Å². The van der Waals surface area contributed by atoms with Gasteiger partial charge in [0.25, 0.3) is 0 Å². The second-order valence-corrected chi connectivity index (χ2v) is 5.95. The van der Waals surface area contributed by atoms with Crippen LogP contribution >= 0.6 is 24.0 Å². The van der Waals surface area contributed by atoms with Crippen LogP contribution in [-0.4, -0.2) is 32.1 Å². The van der Waals surface area contributed by atoms with E-state index in [1.54, 1.807) is 7.11 Å². The molecule has 2 aromatic rings. The molecule has 0 radical (unpaired) electrons. The lowest BCUT2D eigenvalue weighted by molar-refractivity contribution is -0.121. The first kappa shape index (κ1) is 23.7. The Morgan fingerprint density at radius 1 is 1.00 bits per heavy atom. The normalized spacial score (nSPS) is 10.6. The molecule has 0 unspecified atom stereocenters. The molecule has 2 aromatic carbocycles. The molecule has 0 aliphatic rings. The summed E-state index contributed by atoms with van der Waals surface area (Å²) < 4.78 is 5.35. The summed E-state index contributed by atoms with van der Waals surface area (Å²) in [6, 6.07) is 17.7. The zero-order valence-electron chi connectivity index (χ0n) is 16.4. The molecule has 0 heterocycles. The summed E-state index contributed by atoms with van der Waals surface area (Å²) in [5.74, 6) is 1.50. The number of ether oxygens (including phenoxy) is 1. The number of rotatable bonds is 9. The number of nitrogens with one attached hydrogen (secondary N) is 3. The number of halogens is 1. The monoisotopic (exact) mass is 496 g/mol. The number of methoxy groups -OCH3 is 1. The van der Waals surface area contributed by atoms with E-state index < -0.39 is 0 Å². The van der Waals surface area contributed by atoms with Crippen molar-refractivity contribution in [1.29, 1.82) is 0 Å². The Bertz CT molecular complexity index is 738. The predicted octanol–water partition coefficient (Wildman–Crippen LogP) is 3.07. The second-order valence-electron chi connectivity index (χ2n) is 5.95. The molecule has 0 bridgehead atoms. The number of guanidine groups is 1. The first-order chi connectivity index (χ1) is 13.2. The summed E-state index contributed by atoms with van der Waals surface area (Å²) in [6.45, 7) is 4.31. The molecule has 0 aromatic heterocycles. The Labute approximate surface area is 184 Å². The molecule has 7 heteroatoms. The summed E-state index contributed by atoms with van der Waals surface area (Å²) in [5.41, 5.74) is 2.10. The van der Waals surface area contributed by atoms with Gasteiger partial charge in [0.2, 0.25) is 5.91 Å². The molecule has 0 saturated heterocycles. The quantitative estimate of drug-likeness (QED) is 0.284. The van der Waals surface area contributed by atoms with Gasteiger partial charge in [0.1, 0.15) is 5.75 Å². The third-order valence-corrected chi connectivity index (χ3v) is 3.92. The maximum Gasteiger partial charge on any atom is 0.222 e. The number of para-hydroxylation sites is 1. The minimum Gasteiger partial charge on any atom is -0.496 e. The molecule has 2 rings (SSSR count). The highest BCUT2D eigenvalue weighted by Gasteiger charge is 2.04. The van der Waals surface area contributed by atoms with Gasteiger partial charge in [-0.2, -0.15) is 0 Å². The van der Waals surface area contributed by atoms with Crippen molar-refractivity contribution in [1.82, 2.24) is 16.0 Å². The van der Waals surface area contributed by atoms with Gasteiger partial charge in [-0.3, -0.25) is 4.79 Å². The van der Waals surface area contributed by atoms with Crippen LogP contribution in [0.3, 0.4) is 0 Å². The topological polar surface area (TPSA) is 74.8 Å². The average molecular weight is 496 g/mol. The third kappa shape index (κ3) is 8.60. The molecule has 0 fully saturated rings. The summed E-state index contributed by atoms with van der Waals surface area (Å²) in [6.07, 6.45) is 0.381. The van der Waals surface area contributed by atoms with E-state index in [1.165, 1.54) is 0 Å². The lowest BCUT2D eigenvalue weighted by atomic mass is 10.2. The Morgan fingerprint density at radius 2 is 1.71 bits per heavy atom. The average Bonchev–Trinajstić information content (AvgIpc) is 2.71. The van der Waals surface area contributed by atoms with Gasteiger partial charge in [-0.05, 0) is 18.6 Å². The van der Waals surface area contributed by atoms with Crippen molar-refractivity contribution in [3.05, 3.63) is 65.7 Å². The predicted molar refractivity (Wildman–Crippen MR) is 124 cm³/mol. The van der Waals surface area contributed by atoms with E-state index in [0.29, 0.717) is 32.0 Å². The number of amides is 1. The second kappa shape index (κ2) is 13.8. The highest BCUT2D eigenvalue weighted by molar-refractivity contribution is 14.0. The zero-order valence-corrected chi connectivity index (χ0v) is 18.7. The first-order valence-corrected chi connectivity index (χ1v) is 9.17. The minimum atomic E-state index is 0.